The summed E-state index contributed by atoms with van der Waals surface area (Å²) in [5.41, 5.74) is 2.34. The molecule has 1 fully saturated rings. The number of nitrogens with one attached hydrogen (secondary N) is 1. The lowest BCUT2D eigenvalue weighted by atomic mass is 10.1. The number of hydrogen-bond acceptors (Lipinski definition) is 3. The van der Waals surface area contributed by atoms with E-state index in [9.17, 15) is 0 Å². The van der Waals surface area contributed by atoms with Crippen LogP contribution in [0.2, 0.25) is 5.02 Å². The number of rotatable bonds is 8. The highest BCUT2D eigenvalue weighted by molar-refractivity contribution is 6.33. The smallest absolute Gasteiger partial charge is 0.0663 e. The Morgan fingerprint density at radius 2 is 2.20 bits per heavy atom. The fourth-order valence-corrected chi connectivity index (χ4v) is 2.81. The first-order valence-electron chi connectivity index (χ1n) is 7.43. The molecule has 0 saturated heterocycles. The van der Waals surface area contributed by atoms with E-state index in [-0.39, 0.29) is 0 Å². The van der Waals surface area contributed by atoms with Crippen molar-refractivity contribution in [2.45, 2.75) is 45.3 Å². The van der Waals surface area contributed by atoms with Gasteiger partial charge < -0.3 is 15.0 Å². The molecule has 1 aromatic carbocycles. The van der Waals surface area contributed by atoms with Crippen molar-refractivity contribution in [2.75, 3.05) is 25.2 Å². The van der Waals surface area contributed by atoms with E-state index in [1.807, 2.05) is 0 Å². The summed E-state index contributed by atoms with van der Waals surface area (Å²) in [4.78, 5) is 2.28. The van der Waals surface area contributed by atoms with Gasteiger partial charge in [-0.2, -0.15) is 0 Å². The Bertz CT molecular complexity index is 434. The van der Waals surface area contributed by atoms with Crippen molar-refractivity contribution in [1.82, 2.24) is 5.32 Å². The molecule has 1 aromatic rings. The van der Waals surface area contributed by atoms with Crippen LogP contribution in [0, 0.1) is 0 Å². The van der Waals surface area contributed by atoms with Crippen molar-refractivity contribution in [3.63, 3.8) is 0 Å². The van der Waals surface area contributed by atoms with Gasteiger partial charge in [0.15, 0.2) is 0 Å². The average molecular weight is 297 g/mol. The van der Waals surface area contributed by atoms with Gasteiger partial charge >= 0.3 is 0 Å². The minimum absolute atomic E-state index is 0.318. The van der Waals surface area contributed by atoms with Gasteiger partial charge in [-0.3, -0.25) is 0 Å². The summed E-state index contributed by atoms with van der Waals surface area (Å²) in [7, 11) is 1.73. The molecule has 1 aliphatic rings. The Morgan fingerprint density at radius 3 is 2.75 bits per heavy atom. The van der Waals surface area contributed by atoms with Crippen molar-refractivity contribution >= 4 is 17.3 Å². The largest absolute Gasteiger partial charge is 0.383 e. The molecule has 0 aromatic heterocycles. The molecule has 4 heteroatoms. The summed E-state index contributed by atoms with van der Waals surface area (Å²) in [5.74, 6) is 0. The van der Waals surface area contributed by atoms with Crippen LogP contribution in [0.25, 0.3) is 0 Å². The predicted molar refractivity (Wildman–Crippen MR) is 85.7 cm³/mol. The van der Waals surface area contributed by atoms with Crippen LogP contribution >= 0.6 is 11.6 Å². The van der Waals surface area contributed by atoms with E-state index in [4.69, 9.17) is 16.3 Å². The molecule has 3 nitrogen and oxygen atoms in total. The second-order valence-electron chi connectivity index (χ2n) is 5.53. The molecule has 20 heavy (non-hydrogen) atoms. The van der Waals surface area contributed by atoms with Gasteiger partial charge in [0.2, 0.25) is 0 Å². The highest BCUT2D eigenvalue weighted by atomic mass is 35.5. The first-order valence-corrected chi connectivity index (χ1v) is 7.80. The third-order valence-electron chi connectivity index (χ3n) is 3.77. The summed E-state index contributed by atoms with van der Waals surface area (Å²) < 4.78 is 5.25. The zero-order valence-corrected chi connectivity index (χ0v) is 13.4. The van der Waals surface area contributed by atoms with Crippen LogP contribution < -0.4 is 10.2 Å². The predicted octanol–water partition coefficient (Wildman–Crippen LogP) is 3.45. The third kappa shape index (κ3) is 4.11. The number of likely N-dealkylation sites (N-methyl/N-ethyl adjacent to an activating group) is 1. The zero-order chi connectivity index (χ0) is 14.5. The summed E-state index contributed by atoms with van der Waals surface area (Å²) in [6.45, 7) is 6.83. The molecule has 112 valence electrons. The molecular weight excluding hydrogens is 272 g/mol. The second kappa shape index (κ2) is 7.30. The Kier molecular flexibility index (Phi) is 5.70. The fraction of sp³-hybridized carbons (Fsp3) is 0.625. The first kappa shape index (κ1) is 15.6. The number of benzene rings is 1. The van der Waals surface area contributed by atoms with E-state index in [0.29, 0.717) is 12.6 Å². The number of methoxy groups -OCH3 is 1. The van der Waals surface area contributed by atoms with E-state index in [1.54, 1.807) is 7.11 Å². The van der Waals surface area contributed by atoms with Gasteiger partial charge in [0.25, 0.3) is 0 Å². The van der Waals surface area contributed by atoms with E-state index in [0.717, 1.165) is 29.8 Å². The molecule has 0 spiro atoms. The van der Waals surface area contributed by atoms with E-state index >= 15 is 0 Å². The number of nitrogens with zero attached hydrogens (tertiary/aromatic N) is 1. The van der Waals surface area contributed by atoms with Gasteiger partial charge in [-0.05, 0) is 44.4 Å². The lowest BCUT2D eigenvalue weighted by Gasteiger charge is -2.30. The maximum Gasteiger partial charge on any atom is 0.0663 e. The molecule has 0 radical (unpaired) electrons. The third-order valence-corrected chi connectivity index (χ3v) is 4.08. The van der Waals surface area contributed by atoms with Gasteiger partial charge in [-0.25, -0.2) is 0 Å². The quantitative estimate of drug-likeness (QED) is 0.795. The highest BCUT2D eigenvalue weighted by Crippen LogP contribution is 2.29. The summed E-state index contributed by atoms with van der Waals surface area (Å²) in [6, 6.07) is 7.41. The Balaban J connectivity index is 2.05. The number of hydrogen-bond donors (Lipinski definition) is 1. The molecular formula is C16H25ClN2O. The van der Waals surface area contributed by atoms with Crippen LogP contribution in [0.3, 0.4) is 0 Å². The van der Waals surface area contributed by atoms with Crippen LogP contribution in [-0.2, 0) is 11.3 Å². The molecule has 1 unspecified atom stereocenters. The molecule has 0 bridgehead atoms. The first-order chi connectivity index (χ1) is 9.65. The number of halogens is 1. The zero-order valence-electron chi connectivity index (χ0n) is 12.7. The van der Waals surface area contributed by atoms with Crippen molar-refractivity contribution in [3.8, 4) is 0 Å². The van der Waals surface area contributed by atoms with Crippen LogP contribution in [0.1, 0.15) is 32.3 Å². The van der Waals surface area contributed by atoms with Crippen LogP contribution in [-0.4, -0.2) is 32.3 Å². The molecule has 0 heterocycles. The second-order valence-corrected chi connectivity index (χ2v) is 5.94. The van der Waals surface area contributed by atoms with Crippen molar-refractivity contribution in [3.05, 3.63) is 28.8 Å². The molecule has 2 rings (SSSR count). The normalized spacial score (nSPS) is 16.2. The fourth-order valence-electron chi connectivity index (χ4n) is 2.49. The van der Waals surface area contributed by atoms with Crippen molar-refractivity contribution < 1.29 is 4.74 Å². The van der Waals surface area contributed by atoms with E-state index in [2.05, 4.69) is 42.3 Å². The highest BCUT2D eigenvalue weighted by Gasteiger charge is 2.20. The van der Waals surface area contributed by atoms with Crippen LogP contribution in [0.5, 0.6) is 0 Å². The Hall–Kier alpha value is -0.770. The van der Waals surface area contributed by atoms with Crippen molar-refractivity contribution in [2.24, 2.45) is 0 Å². The summed E-state index contributed by atoms with van der Waals surface area (Å²) in [5, 5.41) is 4.34. The lowest BCUT2D eigenvalue weighted by molar-refractivity contribution is 0.182. The van der Waals surface area contributed by atoms with Crippen molar-refractivity contribution in [1.29, 1.82) is 0 Å². The standard InChI is InChI=1S/C16H25ClN2O/c1-4-19(12(2)11-20-3)16-8-5-13(9-15(16)17)10-18-14-6-7-14/h5,8-9,12,14,18H,4,6-7,10-11H2,1-3H3. The van der Waals surface area contributed by atoms with Gasteiger partial charge in [0.1, 0.15) is 0 Å². The van der Waals surface area contributed by atoms with Gasteiger partial charge in [-0.15, -0.1) is 0 Å². The minimum atomic E-state index is 0.318. The lowest BCUT2D eigenvalue weighted by Crippen LogP contribution is -2.36. The van der Waals surface area contributed by atoms with E-state index < -0.39 is 0 Å². The summed E-state index contributed by atoms with van der Waals surface area (Å²) >= 11 is 6.47. The van der Waals surface area contributed by atoms with Crippen LogP contribution in [0.15, 0.2) is 18.2 Å². The maximum atomic E-state index is 6.47. The number of anilines is 1. The average Bonchev–Trinajstić information content (AvgIpc) is 3.24. The molecule has 0 aliphatic heterocycles. The molecule has 1 saturated carbocycles. The van der Waals surface area contributed by atoms with Gasteiger partial charge in [0.05, 0.1) is 17.3 Å². The topological polar surface area (TPSA) is 24.5 Å². The van der Waals surface area contributed by atoms with E-state index in [1.165, 1.54) is 18.4 Å². The summed E-state index contributed by atoms with van der Waals surface area (Å²) in [6.07, 6.45) is 2.62. The molecule has 1 N–H and O–H groups in total. The van der Waals surface area contributed by atoms with Gasteiger partial charge in [-0.1, -0.05) is 17.7 Å². The maximum absolute atomic E-state index is 6.47. The van der Waals surface area contributed by atoms with Gasteiger partial charge in [0, 0.05) is 32.3 Å². The molecule has 0 amide bonds. The number of ether oxygens (including phenoxy) is 1. The minimum Gasteiger partial charge on any atom is -0.383 e. The SMILES string of the molecule is CCN(c1ccc(CNC2CC2)cc1Cl)C(C)COC. The molecule has 1 atom stereocenters. The Labute approximate surface area is 127 Å². The Morgan fingerprint density at radius 1 is 1.45 bits per heavy atom. The molecule has 1 aliphatic carbocycles. The van der Waals surface area contributed by atoms with Crippen LogP contribution in [0.4, 0.5) is 5.69 Å². The monoisotopic (exact) mass is 296 g/mol.